The van der Waals surface area contributed by atoms with Gasteiger partial charge in [0.15, 0.2) is 0 Å². The molecule has 0 aliphatic carbocycles. The number of rotatable bonds is 6. The number of carbonyl (C=O) groups excluding carboxylic acids is 1. The molecule has 0 atom stereocenters. The lowest BCUT2D eigenvalue weighted by Gasteiger charge is -2.29. The number of nitrogens with zero attached hydrogens (tertiary/aromatic N) is 1. The van der Waals surface area contributed by atoms with Gasteiger partial charge < -0.3 is 20.3 Å². The van der Waals surface area contributed by atoms with Gasteiger partial charge in [-0.2, -0.15) is 0 Å². The molecule has 20 heavy (non-hydrogen) atoms. The van der Waals surface area contributed by atoms with Gasteiger partial charge >= 0.3 is 0 Å². The van der Waals surface area contributed by atoms with Crippen LogP contribution in [0.4, 0.5) is 11.4 Å². The molecule has 0 unspecified atom stereocenters. The van der Waals surface area contributed by atoms with E-state index in [-0.39, 0.29) is 5.91 Å². The SMILES string of the molecule is COCCCC(=O)Nc1ccc(N2CCNCC2)cc1. The molecule has 0 saturated carbocycles. The van der Waals surface area contributed by atoms with Crippen LogP contribution in [-0.4, -0.2) is 45.8 Å². The molecule has 2 rings (SSSR count). The molecule has 5 nitrogen and oxygen atoms in total. The van der Waals surface area contributed by atoms with Gasteiger partial charge in [-0.25, -0.2) is 0 Å². The molecule has 2 N–H and O–H groups in total. The van der Waals surface area contributed by atoms with Crippen molar-refractivity contribution in [2.75, 3.05) is 50.1 Å². The van der Waals surface area contributed by atoms with E-state index in [1.54, 1.807) is 7.11 Å². The van der Waals surface area contributed by atoms with Gasteiger partial charge in [0.05, 0.1) is 0 Å². The smallest absolute Gasteiger partial charge is 0.224 e. The highest BCUT2D eigenvalue weighted by Crippen LogP contribution is 2.18. The Balaban J connectivity index is 1.83. The molecule has 1 aliphatic heterocycles. The van der Waals surface area contributed by atoms with E-state index in [1.165, 1.54) is 5.69 Å². The van der Waals surface area contributed by atoms with E-state index in [0.29, 0.717) is 13.0 Å². The van der Waals surface area contributed by atoms with Crippen molar-refractivity contribution in [3.8, 4) is 0 Å². The minimum atomic E-state index is 0.0389. The zero-order valence-electron chi connectivity index (χ0n) is 12.0. The quantitative estimate of drug-likeness (QED) is 0.773. The Hall–Kier alpha value is -1.59. The minimum absolute atomic E-state index is 0.0389. The summed E-state index contributed by atoms with van der Waals surface area (Å²) in [4.78, 5) is 14.0. The Bertz CT molecular complexity index is 414. The number of ether oxygens (including phenoxy) is 1. The predicted octanol–water partition coefficient (Wildman–Crippen LogP) is 1.46. The lowest BCUT2D eigenvalue weighted by molar-refractivity contribution is -0.116. The Morgan fingerprint density at radius 3 is 2.65 bits per heavy atom. The number of hydrogen-bond acceptors (Lipinski definition) is 4. The molecule has 1 heterocycles. The molecule has 0 spiro atoms. The normalized spacial score (nSPS) is 15.2. The van der Waals surface area contributed by atoms with Crippen LogP contribution < -0.4 is 15.5 Å². The zero-order valence-corrected chi connectivity index (χ0v) is 12.0. The van der Waals surface area contributed by atoms with Gasteiger partial charge in [-0.05, 0) is 30.7 Å². The molecule has 1 saturated heterocycles. The predicted molar refractivity (Wildman–Crippen MR) is 81.3 cm³/mol. The largest absolute Gasteiger partial charge is 0.385 e. The second kappa shape index (κ2) is 7.87. The fraction of sp³-hybridized carbons (Fsp3) is 0.533. The Kier molecular flexibility index (Phi) is 5.83. The van der Waals surface area contributed by atoms with Crippen molar-refractivity contribution in [1.29, 1.82) is 0 Å². The van der Waals surface area contributed by atoms with Gasteiger partial charge in [-0.1, -0.05) is 0 Å². The summed E-state index contributed by atoms with van der Waals surface area (Å²) in [7, 11) is 1.65. The highest BCUT2D eigenvalue weighted by atomic mass is 16.5. The molecule has 0 radical (unpaired) electrons. The first kappa shape index (κ1) is 14.8. The summed E-state index contributed by atoms with van der Waals surface area (Å²) >= 11 is 0. The summed E-state index contributed by atoms with van der Waals surface area (Å²) in [5, 5.41) is 6.24. The van der Waals surface area contributed by atoms with Crippen LogP contribution in [0.5, 0.6) is 0 Å². The average Bonchev–Trinajstić information content (AvgIpc) is 2.49. The molecular formula is C15H23N3O2. The maximum absolute atomic E-state index is 11.7. The average molecular weight is 277 g/mol. The van der Waals surface area contributed by atoms with Gasteiger partial charge in [0.2, 0.25) is 5.91 Å². The lowest BCUT2D eigenvalue weighted by atomic mass is 10.2. The lowest BCUT2D eigenvalue weighted by Crippen LogP contribution is -2.43. The monoisotopic (exact) mass is 277 g/mol. The zero-order chi connectivity index (χ0) is 14.2. The van der Waals surface area contributed by atoms with Crippen LogP contribution in [-0.2, 0) is 9.53 Å². The van der Waals surface area contributed by atoms with E-state index < -0.39 is 0 Å². The number of methoxy groups -OCH3 is 1. The van der Waals surface area contributed by atoms with Crippen LogP contribution in [0.2, 0.25) is 0 Å². The summed E-state index contributed by atoms with van der Waals surface area (Å²) in [6.07, 6.45) is 1.24. The number of carbonyl (C=O) groups is 1. The molecule has 1 aromatic rings. The highest BCUT2D eigenvalue weighted by Gasteiger charge is 2.10. The van der Waals surface area contributed by atoms with Crippen LogP contribution >= 0.6 is 0 Å². The molecule has 1 aromatic carbocycles. The maximum Gasteiger partial charge on any atom is 0.224 e. The summed E-state index contributed by atoms with van der Waals surface area (Å²) in [6, 6.07) is 8.06. The van der Waals surface area contributed by atoms with E-state index in [2.05, 4.69) is 27.7 Å². The van der Waals surface area contributed by atoms with E-state index in [1.807, 2.05) is 12.1 Å². The van der Waals surface area contributed by atoms with Crippen molar-refractivity contribution >= 4 is 17.3 Å². The standard InChI is InChI=1S/C15H23N3O2/c1-20-12-2-3-15(19)17-13-4-6-14(7-5-13)18-10-8-16-9-11-18/h4-7,16H,2-3,8-12H2,1H3,(H,17,19). The van der Waals surface area contributed by atoms with Gasteiger partial charge in [-0.15, -0.1) is 0 Å². The first-order valence-electron chi connectivity index (χ1n) is 7.14. The Morgan fingerprint density at radius 1 is 1.30 bits per heavy atom. The Labute approximate surface area is 120 Å². The van der Waals surface area contributed by atoms with Crippen LogP contribution in [0.1, 0.15) is 12.8 Å². The van der Waals surface area contributed by atoms with Crippen molar-refractivity contribution in [3.05, 3.63) is 24.3 Å². The van der Waals surface area contributed by atoms with Gasteiger partial charge in [-0.3, -0.25) is 4.79 Å². The second-order valence-electron chi connectivity index (χ2n) is 4.93. The van der Waals surface area contributed by atoms with E-state index in [4.69, 9.17) is 4.74 Å². The highest BCUT2D eigenvalue weighted by molar-refractivity contribution is 5.90. The molecule has 1 fully saturated rings. The van der Waals surface area contributed by atoms with Crippen molar-refractivity contribution < 1.29 is 9.53 Å². The van der Waals surface area contributed by atoms with E-state index >= 15 is 0 Å². The molecule has 5 heteroatoms. The number of nitrogens with one attached hydrogen (secondary N) is 2. The van der Waals surface area contributed by atoms with Gasteiger partial charge in [0.25, 0.3) is 0 Å². The number of amides is 1. The first-order valence-corrected chi connectivity index (χ1v) is 7.14. The summed E-state index contributed by atoms with van der Waals surface area (Å²) in [5.41, 5.74) is 2.06. The van der Waals surface area contributed by atoms with Crippen molar-refractivity contribution in [2.24, 2.45) is 0 Å². The number of anilines is 2. The van der Waals surface area contributed by atoms with Crippen LogP contribution in [0.25, 0.3) is 0 Å². The molecular weight excluding hydrogens is 254 g/mol. The van der Waals surface area contributed by atoms with Crippen molar-refractivity contribution in [3.63, 3.8) is 0 Å². The fourth-order valence-corrected chi connectivity index (χ4v) is 2.28. The van der Waals surface area contributed by atoms with Crippen LogP contribution in [0.3, 0.4) is 0 Å². The van der Waals surface area contributed by atoms with E-state index in [0.717, 1.165) is 38.3 Å². The van der Waals surface area contributed by atoms with Gasteiger partial charge in [0.1, 0.15) is 0 Å². The third-order valence-electron chi connectivity index (χ3n) is 3.39. The summed E-state index contributed by atoms with van der Waals surface area (Å²) in [6.45, 7) is 4.73. The summed E-state index contributed by atoms with van der Waals surface area (Å²) in [5.74, 6) is 0.0389. The molecule has 0 aromatic heterocycles. The third kappa shape index (κ3) is 4.51. The fourth-order valence-electron chi connectivity index (χ4n) is 2.28. The second-order valence-corrected chi connectivity index (χ2v) is 4.93. The van der Waals surface area contributed by atoms with E-state index in [9.17, 15) is 4.79 Å². The van der Waals surface area contributed by atoms with Gasteiger partial charge in [0, 0.05) is 57.7 Å². The molecule has 110 valence electrons. The Morgan fingerprint density at radius 2 is 2.00 bits per heavy atom. The maximum atomic E-state index is 11.7. The van der Waals surface area contributed by atoms with Crippen molar-refractivity contribution in [1.82, 2.24) is 5.32 Å². The topological polar surface area (TPSA) is 53.6 Å². The number of benzene rings is 1. The number of hydrogen-bond donors (Lipinski definition) is 2. The molecule has 0 bridgehead atoms. The molecule has 1 amide bonds. The van der Waals surface area contributed by atoms with Crippen molar-refractivity contribution in [2.45, 2.75) is 12.8 Å². The third-order valence-corrected chi connectivity index (χ3v) is 3.39. The van der Waals surface area contributed by atoms with Crippen LogP contribution in [0, 0.1) is 0 Å². The van der Waals surface area contributed by atoms with Crippen LogP contribution in [0.15, 0.2) is 24.3 Å². The first-order chi connectivity index (χ1) is 9.79. The molecule has 1 aliphatic rings. The minimum Gasteiger partial charge on any atom is -0.385 e. The summed E-state index contributed by atoms with van der Waals surface area (Å²) < 4.78 is 4.93. The number of piperazine rings is 1.